The van der Waals surface area contributed by atoms with E-state index in [1.807, 2.05) is 44.2 Å². The summed E-state index contributed by atoms with van der Waals surface area (Å²) in [6, 6.07) is 8.92. The highest BCUT2D eigenvalue weighted by atomic mass is 16.2. The van der Waals surface area contributed by atoms with Gasteiger partial charge in [0.2, 0.25) is 5.91 Å². The maximum atomic E-state index is 12.8. The molecule has 1 saturated heterocycles. The first kappa shape index (κ1) is 14.1. The minimum Gasteiger partial charge on any atom is -0.338 e. The van der Waals surface area contributed by atoms with Crippen LogP contribution in [0.5, 0.6) is 0 Å². The zero-order valence-corrected chi connectivity index (χ0v) is 12.6. The lowest BCUT2D eigenvalue weighted by Crippen LogP contribution is -2.65. The van der Waals surface area contributed by atoms with E-state index in [1.165, 1.54) is 12.8 Å². The summed E-state index contributed by atoms with van der Waals surface area (Å²) < 4.78 is 0. The number of carbonyl (C=O) groups excluding carboxylic acids is 2. The van der Waals surface area contributed by atoms with Crippen LogP contribution < -0.4 is 5.32 Å². The third kappa shape index (κ3) is 2.67. The predicted octanol–water partition coefficient (Wildman–Crippen LogP) is 2.26. The molecule has 2 aliphatic rings. The van der Waals surface area contributed by atoms with E-state index in [9.17, 15) is 9.59 Å². The van der Waals surface area contributed by atoms with Gasteiger partial charge >= 0.3 is 0 Å². The highest BCUT2D eigenvalue weighted by Gasteiger charge is 2.46. The third-order valence-electron chi connectivity index (χ3n) is 4.61. The predicted molar refractivity (Wildman–Crippen MR) is 80.5 cm³/mol. The fraction of sp³-hybridized carbons (Fsp3) is 0.529. The summed E-state index contributed by atoms with van der Waals surface area (Å²) in [5.41, 5.74) is 0.0832. The molecule has 1 unspecified atom stereocenters. The van der Waals surface area contributed by atoms with Gasteiger partial charge in [0.15, 0.2) is 0 Å². The maximum Gasteiger partial charge on any atom is 0.250 e. The van der Waals surface area contributed by atoms with E-state index in [0.717, 1.165) is 17.9 Å². The number of carbonyl (C=O) groups is 2. The fourth-order valence-electron chi connectivity index (χ4n) is 2.90. The first-order valence-corrected chi connectivity index (χ1v) is 7.67. The van der Waals surface area contributed by atoms with E-state index in [0.29, 0.717) is 6.54 Å². The van der Waals surface area contributed by atoms with E-state index >= 15 is 0 Å². The van der Waals surface area contributed by atoms with Crippen LogP contribution in [0.25, 0.3) is 0 Å². The third-order valence-corrected chi connectivity index (χ3v) is 4.61. The van der Waals surface area contributed by atoms with Crippen LogP contribution in [0.15, 0.2) is 30.3 Å². The molecule has 2 amide bonds. The maximum absolute atomic E-state index is 12.8. The van der Waals surface area contributed by atoms with Gasteiger partial charge in [0.05, 0.1) is 0 Å². The Labute approximate surface area is 125 Å². The van der Waals surface area contributed by atoms with Gasteiger partial charge in [-0.05, 0) is 31.7 Å². The van der Waals surface area contributed by atoms with Crippen molar-refractivity contribution in [2.24, 2.45) is 5.92 Å². The number of benzene rings is 1. The Morgan fingerprint density at radius 1 is 1.19 bits per heavy atom. The second-order valence-corrected chi connectivity index (χ2v) is 6.60. The van der Waals surface area contributed by atoms with Crippen LogP contribution in [-0.4, -0.2) is 28.8 Å². The molecule has 4 nitrogen and oxygen atoms in total. The minimum absolute atomic E-state index is 0.00597. The van der Waals surface area contributed by atoms with Gasteiger partial charge < -0.3 is 10.2 Å². The van der Waals surface area contributed by atoms with E-state index in [-0.39, 0.29) is 11.8 Å². The fourth-order valence-corrected chi connectivity index (χ4v) is 2.90. The Kier molecular flexibility index (Phi) is 3.47. The zero-order chi connectivity index (χ0) is 15.0. The number of hydrogen-bond acceptors (Lipinski definition) is 2. The van der Waals surface area contributed by atoms with Crippen LogP contribution >= 0.6 is 0 Å². The number of rotatable bonds is 4. The van der Waals surface area contributed by atoms with Gasteiger partial charge in [-0.3, -0.25) is 9.59 Å². The largest absolute Gasteiger partial charge is 0.338 e. The monoisotopic (exact) mass is 286 g/mol. The summed E-state index contributed by atoms with van der Waals surface area (Å²) in [6.07, 6.45) is 3.53. The van der Waals surface area contributed by atoms with Crippen molar-refractivity contribution in [1.82, 2.24) is 10.2 Å². The van der Waals surface area contributed by atoms with Crippen molar-refractivity contribution in [2.45, 2.75) is 44.7 Å². The van der Waals surface area contributed by atoms with Gasteiger partial charge in [-0.15, -0.1) is 0 Å². The SMILES string of the molecule is CC1(C)C(=O)NC(c2ccccc2)C(=O)N1CCC1CC1. The molecule has 0 radical (unpaired) electrons. The molecule has 1 aromatic rings. The lowest BCUT2D eigenvalue weighted by Gasteiger charge is -2.44. The quantitative estimate of drug-likeness (QED) is 0.923. The summed E-state index contributed by atoms with van der Waals surface area (Å²) >= 11 is 0. The highest BCUT2D eigenvalue weighted by molar-refractivity contribution is 5.99. The first-order chi connectivity index (χ1) is 10.00. The van der Waals surface area contributed by atoms with Crippen LogP contribution in [0.1, 0.15) is 44.7 Å². The van der Waals surface area contributed by atoms with Crippen molar-refractivity contribution in [1.29, 1.82) is 0 Å². The van der Waals surface area contributed by atoms with Crippen molar-refractivity contribution < 1.29 is 9.59 Å². The zero-order valence-electron chi connectivity index (χ0n) is 12.6. The standard InChI is InChI=1S/C17H22N2O2/c1-17(2)16(21)18-14(13-6-4-3-5-7-13)15(20)19(17)11-10-12-8-9-12/h3-7,12,14H,8-11H2,1-2H3,(H,18,21). The van der Waals surface area contributed by atoms with Crippen LogP contribution in [0.3, 0.4) is 0 Å². The lowest BCUT2D eigenvalue weighted by atomic mass is 9.92. The molecule has 0 aromatic heterocycles. The van der Waals surface area contributed by atoms with Gasteiger partial charge in [0.25, 0.3) is 5.91 Å². The summed E-state index contributed by atoms with van der Waals surface area (Å²) in [4.78, 5) is 27.0. The first-order valence-electron chi connectivity index (χ1n) is 7.67. The van der Waals surface area contributed by atoms with E-state index < -0.39 is 11.6 Å². The van der Waals surface area contributed by atoms with Crippen molar-refractivity contribution in [3.05, 3.63) is 35.9 Å². The van der Waals surface area contributed by atoms with Gasteiger partial charge in [-0.2, -0.15) is 0 Å². The second-order valence-electron chi connectivity index (χ2n) is 6.60. The topological polar surface area (TPSA) is 49.4 Å². The molecule has 21 heavy (non-hydrogen) atoms. The molecule has 3 rings (SSSR count). The molecular weight excluding hydrogens is 264 g/mol. The Morgan fingerprint density at radius 3 is 2.48 bits per heavy atom. The van der Waals surface area contributed by atoms with Crippen LogP contribution in [0.2, 0.25) is 0 Å². The van der Waals surface area contributed by atoms with Crippen molar-refractivity contribution >= 4 is 11.8 Å². The van der Waals surface area contributed by atoms with Crippen molar-refractivity contribution in [3.8, 4) is 0 Å². The van der Waals surface area contributed by atoms with Crippen LogP contribution in [0, 0.1) is 5.92 Å². The van der Waals surface area contributed by atoms with Crippen LogP contribution in [-0.2, 0) is 9.59 Å². The Hall–Kier alpha value is -1.84. The molecule has 1 heterocycles. The molecule has 112 valence electrons. The van der Waals surface area contributed by atoms with E-state index in [1.54, 1.807) is 4.90 Å². The average molecular weight is 286 g/mol. The highest BCUT2D eigenvalue weighted by Crippen LogP contribution is 2.35. The van der Waals surface area contributed by atoms with Gasteiger partial charge in [-0.1, -0.05) is 43.2 Å². The molecule has 1 atom stereocenters. The van der Waals surface area contributed by atoms with Crippen molar-refractivity contribution in [2.75, 3.05) is 6.54 Å². The Balaban J connectivity index is 1.84. The Bertz CT molecular complexity index is 549. The van der Waals surface area contributed by atoms with Gasteiger partial charge in [-0.25, -0.2) is 0 Å². The molecule has 1 saturated carbocycles. The second kappa shape index (κ2) is 5.17. The summed E-state index contributed by atoms with van der Waals surface area (Å²) in [5, 5.41) is 2.88. The number of nitrogens with one attached hydrogen (secondary N) is 1. The molecule has 4 heteroatoms. The smallest absolute Gasteiger partial charge is 0.250 e. The summed E-state index contributed by atoms with van der Waals surface area (Å²) in [6.45, 7) is 4.33. The number of amides is 2. The molecule has 1 N–H and O–H groups in total. The van der Waals surface area contributed by atoms with Gasteiger partial charge in [0, 0.05) is 6.54 Å². The number of piperazine rings is 1. The number of nitrogens with zero attached hydrogens (tertiary/aromatic N) is 1. The minimum atomic E-state index is -0.767. The molecule has 2 fully saturated rings. The molecule has 1 aliphatic heterocycles. The molecule has 0 bridgehead atoms. The summed E-state index contributed by atoms with van der Waals surface area (Å²) in [5.74, 6) is 0.673. The summed E-state index contributed by atoms with van der Waals surface area (Å²) in [7, 11) is 0. The normalized spacial score (nSPS) is 24.9. The number of hydrogen-bond donors (Lipinski definition) is 1. The molecular formula is C17H22N2O2. The molecule has 1 aliphatic carbocycles. The molecule has 1 aromatic carbocycles. The van der Waals surface area contributed by atoms with Crippen LogP contribution in [0.4, 0.5) is 0 Å². The average Bonchev–Trinajstić information content (AvgIpc) is 3.28. The van der Waals surface area contributed by atoms with E-state index in [4.69, 9.17) is 0 Å². The van der Waals surface area contributed by atoms with Gasteiger partial charge in [0.1, 0.15) is 11.6 Å². The van der Waals surface area contributed by atoms with Crippen molar-refractivity contribution in [3.63, 3.8) is 0 Å². The molecule has 0 spiro atoms. The lowest BCUT2D eigenvalue weighted by molar-refractivity contribution is -0.155. The van der Waals surface area contributed by atoms with E-state index in [2.05, 4.69) is 5.32 Å². The Morgan fingerprint density at radius 2 is 1.86 bits per heavy atom.